The van der Waals surface area contributed by atoms with Crippen LogP contribution in [0.5, 0.6) is 0 Å². The van der Waals surface area contributed by atoms with Crippen molar-refractivity contribution in [1.82, 2.24) is 14.9 Å². The van der Waals surface area contributed by atoms with Gasteiger partial charge in [-0.2, -0.15) is 0 Å². The van der Waals surface area contributed by atoms with Gasteiger partial charge < -0.3 is 15.0 Å². The second-order valence-electron chi connectivity index (χ2n) is 2.43. The highest BCUT2D eigenvalue weighted by atomic mass is 16.3. The lowest BCUT2D eigenvalue weighted by Crippen LogP contribution is -2.33. The van der Waals surface area contributed by atoms with Gasteiger partial charge in [0.1, 0.15) is 0 Å². The molecule has 0 aromatic carbocycles. The average Bonchev–Trinajstić information content (AvgIpc) is 2.52. The van der Waals surface area contributed by atoms with Crippen LogP contribution in [0.3, 0.4) is 0 Å². The van der Waals surface area contributed by atoms with Crippen LogP contribution in [0.25, 0.3) is 0 Å². The second-order valence-corrected chi connectivity index (χ2v) is 2.43. The Hall–Kier alpha value is -0.870. The summed E-state index contributed by atoms with van der Waals surface area (Å²) in [7, 11) is 1.83. The van der Waals surface area contributed by atoms with E-state index in [1.807, 2.05) is 17.8 Å². The lowest BCUT2D eigenvalue weighted by molar-refractivity contribution is 0.235. The van der Waals surface area contributed by atoms with Gasteiger partial charge in [0.05, 0.1) is 12.9 Å². The van der Waals surface area contributed by atoms with Gasteiger partial charge in [0, 0.05) is 25.0 Å². The molecule has 1 rings (SSSR count). The molecule has 1 atom stereocenters. The average molecular weight is 155 g/mol. The van der Waals surface area contributed by atoms with Crippen LogP contribution in [0.15, 0.2) is 18.7 Å². The number of aromatic nitrogens is 2. The standard InChI is InChI=1S/C7H13N3O/c1-8-7(5-11)4-10-3-2-9-6-10/h2-3,6-8,11H,4-5H2,1H3. The molecule has 0 spiro atoms. The third-order valence-electron chi connectivity index (χ3n) is 1.62. The van der Waals surface area contributed by atoms with E-state index in [2.05, 4.69) is 10.3 Å². The molecular formula is C7H13N3O. The molecule has 0 saturated carbocycles. The quantitative estimate of drug-likeness (QED) is 0.614. The molecule has 4 heteroatoms. The van der Waals surface area contributed by atoms with E-state index in [-0.39, 0.29) is 12.6 Å². The van der Waals surface area contributed by atoms with E-state index in [0.29, 0.717) is 0 Å². The normalized spacial score (nSPS) is 13.3. The van der Waals surface area contributed by atoms with Crippen LogP contribution in [0.1, 0.15) is 0 Å². The fraction of sp³-hybridized carbons (Fsp3) is 0.571. The third kappa shape index (κ3) is 2.32. The van der Waals surface area contributed by atoms with Crippen molar-refractivity contribution < 1.29 is 5.11 Å². The van der Waals surface area contributed by atoms with Gasteiger partial charge in [-0.05, 0) is 7.05 Å². The zero-order valence-corrected chi connectivity index (χ0v) is 6.57. The van der Waals surface area contributed by atoms with Crippen LogP contribution < -0.4 is 5.32 Å². The molecule has 2 N–H and O–H groups in total. The molecule has 0 aliphatic carbocycles. The van der Waals surface area contributed by atoms with E-state index in [1.54, 1.807) is 12.5 Å². The molecule has 0 bridgehead atoms. The van der Waals surface area contributed by atoms with Crippen molar-refractivity contribution in [3.63, 3.8) is 0 Å². The third-order valence-corrected chi connectivity index (χ3v) is 1.62. The summed E-state index contributed by atoms with van der Waals surface area (Å²) in [4.78, 5) is 3.90. The van der Waals surface area contributed by atoms with Gasteiger partial charge in [-0.25, -0.2) is 4.98 Å². The first-order chi connectivity index (χ1) is 5.36. The molecule has 1 unspecified atom stereocenters. The SMILES string of the molecule is CNC(CO)Cn1ccnc1. The van der Waals surface area contributed by atoms with E-state index < -0.39 is 0 Å². The first-order valence-electron chi connectivity index (χ1n) is 3.60. The lowest BCUT2D eigenvalue weighted by atomic mass is 10.3. The largest absolute Gasteiger partial charge is 0.395 e. The molecule has 62 valence electrons. The van der Waals surface area contributed by atoms with E-state index in [4.69, 9.17) is 5.11 Å². The number of nitrogens with one attached hydrogen (secondary N) is 1. The summed E-state index contributed by atoms with van der Waals surface area (Å²) in [5.41, 5.74) is 0. The molecule has 0 radical (unpaired) electrons. The Morgan fingerprint density at radius 3 is 3.00 bits per heavy atom. The predicted octanol–water partition coefficient (Wildman–Crippen LogP) is -0.537. The second kappa shape index (κ2) is 4.10. The zero-order valence-electron chi connectivity index (χ0n) is 6.57. The van der Waals surface area contributed by atoms with Crippen LogP contribution in [-0.4, -0.2) is 34.4 Å². The van der Waals surface area contributed by atoms with E-state index in [1.165, 1.54) is 0 Å². The van der Waals surface area contributed by atoms with E-state index in [0.717, 1.165) is 6.54 Å². The van der Waals surface area contributed by atoms with Gasteiger partial charge >= 0.3 is 0 Å². The summed E-state index contributed by atoms with van der Waals surface area (Å²) in [6.45, 7) is 0.904. The maximum Gasteiger partial charge on any atom is 0.0946 e. The van der Waals surface area contributed by atoms with E-state index >= 15 is 0 Å². The highest BCUT2D eigenvalue weighted by Gasteiger charge is 2.02. The van der Waals surface area contributed by atoms with Gasteiger partial charge in [-0.3, -0.25) is 0 Å². The summed E-state index contributed by atoms with van der Waals surface area (Å²) >= 11 is 0. The number of rotatable bonds is 4. The molecule has 1 aromatic heterocycles. The molecule has 4 nitrogen and oxygen atoms in total. The van der Waals surface area contributed by atoms with Gasteiger partial charge in [0.25, 0.3) is 0 Å². The monoisotopic (exact) mass is 155 g/mol. The Labute approximate surface area is 65.9 Å². The molecule has 0 aliphatic heterocycles. The Morgan fingerprint density at radius 2 is 2.55 bits per heavy atom. The molecule has 1 heterocycles. The molecule has 0 fully saturated rings. The Bertz CT molecular complexity index is 182. The van der Waals surface area contributed by atoms with Crippen molar-refractivity contribution in [3.8, 4) is 0 Å². The number of aliphatic hydroxyl groups excluding tert-OH is 1. The van der Waals surface area contributed by atoms with Crippen LogP contribution in [0.2, 0.25) is 0 Å². The van der Waals surface area contributed by atoms with Gasteiger partial charge in [-0.1, -0.05) is 0 Å². The van der Waals surface area contributed by atoms with Crippen molar-refractivity contribution in [2.75, 3.05) is 13.7 Å². The summed E-state index contributed by atoms with van der Waals surface area (Å²) in [5, 5.41) is 11.8. The van der Waals surface area contributed by atoms with E-state index in [9.17, 15) is 0 Å². The fourth-order valence-corrected chi connectivity index (χ4v) is 0.890. The Balaban J connectivity index is 2.41. The Morgan fingerprint density at radius 1 is 1.73 bits per heavy atom. The maximum absolute atomic E-state index is 8.83. The number of hydrogen-bond donors (Lipinski definition) is 2. The minimum atomic E-state index is 0.115. The van der Waals surface area contributed by atoms with Crippen molar-refractivity contribution in [3.05, 3.63) is 18.7 Å². The van der Waals surface area contributed by atoms with Crippen LogP contribution >= 0.6 is 0 Å². The van der Waals surface area contributed by atoms with Gasteiger partial charge in [0.2, 0.25) is 0 Å². The van der Waals surface area contributed by atoms with Crippen molar-refractivity contribution in [2.45, 2.75) is 12.6 Å². The number of nitrogens with zero attached hydrogens (tertiary/aromatic N) is 2. The summed E-state index contributed by atoms with van der Waals surface area (Å²) in [5.74, 6) is 0. The zero-order chi connectivity index (χ0) is 8.10. The van der Waals surface area contributed by atoms with Gasteiger partial charge in [-0.15, -0.1) is 0 Å². The van der Waals surface area contributed by atoms with Crippen molar-refractivity contribution >= 4 is 0 Å². The fourth-order valence-electron chi connectivity index (χ4n) is 0.890. The predicted molar refractivity (Wildman–Crippen MR) is 42.2 cm³/mol. The number of hydrogen-bond acceptors (Lipinski definition) is 3. The molecule has 0 saturated heterocycles. The summed E-state index contributed by atoms with van der Waals surface area (Å²) in [6.07, 6.45) is 5.34. The number of imidazole rings is 1. The van der Waals surface area contributed by atoms with Gasteiger partial charge in [0.15, 0.2) is 0 Å². The molecular weight excluding hydrogens is 142 g/mol. The van der Waals surface area contributed by atoms with Crippen LogP contribution in [0, 0.1) is 0 Å². The van der Waals surface area contributed by atoms with Crippen LogP contribution in [0.4, 0.5) is 0 Å². The molecule has 0 amide bonds. The van der Waals surface area contributed by atoms with Crippen molar-refractivity contribution in [1.29, 1.82) is 0 Å². The molecule has 0 aliphatic rings. The molecule has 1 aromatic rings. The topological polar surface area (TPSA) is 50.1 Å². The minimum Gasteiger partial charge on any atom is -0.395 e. The summed E-state index contributed by atoms with van der Waals surface area (Å²) < 4.78 is 1.93. The maximum atomic E-state index is 8.83. The highest BCUT2D eigenvalue weighted by Crippen LogP contribution is 1.90. The highest BCUT2D eigenvalue weighted by molar-refractivity contribution is 4.76. The Kier molecular flexibility index (Phi) is 3.07. The van der Waals surface area contributed by atoms with Crippen LogP contribution in [-0.2, 0) is 6.54 Å². The molecule has 11 heavy (non-hydrogen) atoms. The smallest absolute Gasteiger partial charge is 0.0946 e. The first kappa shape index (κ1) is 8.23. The first-order valence-corrected chi connectivity index (χ1v) is 3.60. The number of aliphatic hydroxyl groups is 1. The lowest BCUT2D eigenvalue weighted by Gasteiger charge is -2.12. The summed E-state index contributed by atoms with van der Waals surface area (Å²) in [6, 6.07) is 0.115. The minimum absolute atomic E-state index is 0.115. The van der Waals surface area contributed by atoms with Crippen molar-refractivity contribution in [2.24, 2.45) is 0 Å². The number of likely N-dealkylation sites (N-methyl/N-ethyl adjacent to an activating group) is 1.